The third kappa shape index (κ3) is 3.68. The van der Waals surface area contributed by atoms with Crippen LogP contribution in [0.5, 0.6) is 0 Å². The van der Waals surface area contributed by atoms with E-state index in [1.165, 1.54) is 0 Å². The summed E-state index contributed by atoms with van der Waals surface area (Å²) < 4.78 is 24.6. The number of hydrogen-bond donors (Lipinski definition) is 2. The molecule has 0 saturated carbocycles. The molecule has 3 N–H and O–H groups in total. The number of carbonyl (C=O) groups is 1. The van der Waals surface area contributed by atoms with Crippen molar-refractivity contribution in [1.29, 1.82) is 0 Å². The third-order valence-electron chi connectivity index (χ3n) is 3.02. The summed E-state index contributed by atoms with van der Waals surface area (Å²) in [5.41, 5.74) is 6.04. The van der Waals surface area contributed by atoms with Crippen LogP contribution in [0.25, 0.3) is 0 Å². The number of nitrogen functional groups attached to an aromatic ring is 1. The largest absolute Gasteiger partial charge is 0.396 e. The molecule has 6 nitrogen and oxygen atoms in total. The van der Waals surface area contributed by atoms with E-state index in [9.17, 15) is 13.2 Å². The second kappa shape index (κ2) is 7.13. The maximum absolute atomic E-state index is 12.3. The van der Waals surface area contributed by atoms with Gasteiger partial charge in [-0.15, -0.1) is 11.3 Å². The lowest BCUT2D eigenvalue weighted by Gasteiger charge is -2.18. The van der Waals surface area contributed by atoms with E-state index in [1.54, 1.807) is 13.8 Å². The zero-order valence-electron chi connectivity index (χ0n) is 12.9. The van der Waals surface area contributed by atoms with Crippen molar-refractivity contribution in [2.75, 3.05) is 36.5 Å². The third-order valence-corrected chi connectivity index (χ3v) is 6.27. The van der Waals surface area contributed by atoms with Gasteiger partial charge < -0.3 is 16.0 Å². The average Bonchev–Trinajstić information content (AvgIpc) is 2.78. The smallest absolute Gasteiger partial charge is 0.263 e. The Labute approximate surface area is 130 Å². The molecule has 0 spiro atoms. The Morgan fingerprint density at radius 2 is 1.95 bits per heavy atom. The van der Waals surface area contributed by atoms with E-state index in [1.807, 2.05) is 18.9 Å². The van der Waals surface area contributed by atoms with E-state index < -0.39 is 9.84 Å². The number of amides is 1. The first kappa shape index (κ1) is 17.8. The SMILES string of the molecule is CCCN(C)c1sc(C(=O)NCC)c(N)c1S(=O)(=O)CC. The maximum Gasteiger partial charge on any atom is 0.263 e. The summed E-state index contributed by atoms with van der Waals surface area (Å²) in [5.74, 6) is -0.376. The van der Waals surface area contributed by atoms with Crippen molar-refractivity contribution < 1.29 is 13.2 Å². The number of nitrogens with zero attached hydrogens (tertiary/aromatic N) is 1. The molecule has 0 saturated heterocycles. The Bertz CT molecular complexity index is 608. The van der Waals surface area contributed by atoms with Gasteiger partial charge in [-0.3, -0.25) is 4.79 Å². The minimum absolute atomic E-state index is 0.0459. The number of rotatable bonds is 7. The highest BCUT2D eigenvalue weighted by molar-refractivity contribution is 7.92. The van der Waals surface area contributed by atoms with E-state index >= 15 is 0 Å². The Morgan fingerprint density at radius 1 is 1.33 bits per heavy atom. The first-order chi connectivity index (χ1) is 9.80. The number of thiophene rings is 1. The second-order valence-electron chi connectivity index (χ2n) is 4.66. The van der Waals surface area contributed by atoms with Crippen LogP contribution in [-0.2, 0) is 9.84 Å². The predicted octanol–water partition coefficient (Wildman–Crippen LogP) is 1.72. The van der Waals surface area contributed by atoms with Gasteiger partial charge in [-0.1, -0.05) is 13.8 Å². The summed E-state index contributed by atoms with van der Waals surface area (Å²) in [5, 5.41) is 3.20. The van der Waals surface area contributed by atoms with Crippen molar-refractivity contribution >= 4 is 37.8 Å². The van der Waals surface area contributed by atoms with Gasteiger partial charge in [-0.2, -0.15) is 0 Å². The first-order valence-corrected chi connectivity index (χ1v) is 9.41. The molecule has 0 aliphatic rings. The minimum atomic E-state index is -3.49. The topological polar surface area (TPSA) is 92.5 Å². The van der Waals surface area contributed by atoms with Crippen LogP contribution in [0.15, 0.2) is 4.90 Å². The Hall–Kier alpha value is -1.28. The summed E-state index contributed by atoms with van der Waals surface area (Å²) in [6.07, 6.45) is 0.871. The fourth-order valence-electron chi connectivity index (χ4n) is 1.96. The van der Waals surface area contributed by atoms with E-state index in [0.29, 0.717) is 18.1 Å². The van der Waals surface area contributed by atoms with Crippen molar-refractivity contribution in [3.05, 3.63) is 4.88 Å². The molecular weight excluding hydrogens is 310 g/mol. The molecule has 0 bridgehead atoms. The van der Waals surface area contributed by atoms with Gasteiger partial charge in [-0.05, 0) is 13.3 Å². The number of hydrogen-bond acceptors (Lipinski definition) is 6. The van der Waals surface area contributed by atoms with E-state index in [0.717, 1.165) is 17.8 Å². The first-order valence-electron chi connectivity index (χ1n) is 6.94. The molecule has 0 unspecified atom stereocenters. The van der Waals surface area contributed by atoms with Crippen LogP contribution >= 0.6 is 11.3 Å². The standard InChI is InChI=1S/C13H23N3O3S2/c1-5-8-16(4)13-11(21(18,19)7-3)9(14)10(20-13)12(17)15-6-2/h5-8,14H2,1-4H3,(H,15,17). The summed E-state index contributed by atoms with van der Waals surface area (Å²) in [6.45, 7) is 6.54. The summed E-state index contributed by atoms with van der Waals surface area (Å²) >= 11 is 1.13. The van der Waals surface area contributed by atoms with Crippen LogP contribution in [0, 0.1) is 0 Å². The van der Waals surface area contributed by atoms with Crippen molar-refractivity contribution in [2.45, 2.75) is 32.1 Å². The van der Waals surface area contributed by atoms with Crippen molar-refractivity contribution in [3.8, 4) is 0 Å². The molecule has 0 aliphatic carbocycles. The van der Waals surface area contributed by atoms with E-state index in [-0.39, 0.29) is 27.1 Å². The molecule has 1 amide bonds. The summed E-state index contributed by atoms with van der Waals surface area (Å²) in [7, 11) is -1.68. The number of nitrogens with one attached hydrogen (secondary N) is 1. The Kier molecular flexibility index (Phi) is 6.03. The van der Waals surface area contributed by atoms with Gasteiger partial charge in [0.15, 0.2) is 9.84 Å². The van der Waals surface area contributed by atoms with Crippen molar-refractivity contribution in [2.24, 2.45) is 0 Å². The number of carbonyl (C=O) groups excluding carboxylic acids is 1. The molecule has 8 heteroatoms. The predicted molar refractivity (Wildman–Crippen MR) is 88.0 cm³/mol. The number of nitrogens with two attached hydrogens (primary N) is 1. The van der Waals surface area contributed by atoms with Crippen LogP contribution in [0.2, 0.25) is 0 Å². The van der Waals surface area contributed by atoms with Crippen LogP contribution < -0.4 is 16.0 Å². The zero-order valence-corrected chi connectivity index (χ0v) is 14.5. The van der Waals surface area contributed by atoms with E-state index in [4.69, 9.17) is 5.73 Å². The molecule has 0 aliphatic heterocycles. The highest BCUT2D eigenvalue weighted by Crippen LogP contribution is 2.41. The molecule has 1 rings (SSSR count). The Morgan fingerprint density at radius 3 is 2.43 bits per heavy atom. The number of sulfone groups is 1. The average molecular weight is 333 g/mol. The summed E-state index contributed by atoms with van der Waals surface area (Å²) in [6, 6.07) is 0. The molecule has 1 heterocycles. The fraction of sp³-hybridized carbons (Fsp3) is 0.615. The normalized spacial score (nSPS) is 11.4. The van der Waals surface area contributed by atoms with Gasteiger partial charge in [0.1, 0.15) is 14.8 Å². The van der Waals surface area contributed by atoms with Gasteiger partial charge in [0.2, 0.25) is 0 Å². The van der Waals surface area contributed by atoms with Crippen molar-refractivity contribution in [3.63, 3.8) is 0 Å². The quantitative estimate of drug-likeness (QED) is 0.792. The highest BCUT2D eigenvalue weighted by atomic mass is 32.2. The van der Waals surface area contributed by atoms with Crippen LogP contribution in [0.1, 0.15) is 36.9 Å². The lowest BCUT2D eigenvalue weighted by atomic mass is 10.3. The summed E-state index contributed by atoms with van der Waals surface area (Å²) in [4.78, 5) is 14.2. The molecule has 0 radical (unpaired) electrons. The molecule has 1 aromatic rings. The van der Waals surface area contributed by atoms with Gasteiger partial charge in [0.25, 0.3) is 5.91 Å². The molecule has 1 aromatic heterocycles. The fourth-order valence-corrected chi connectivity index (χ4v) is 4.70. The zero-order chi connectivity index (χ0) is 16.2. The lowest BCUT2D eigenvalue weighted by Crippen LogP contribution is -2.22. The van der Waals surface area contributed by atoms with Gasteiger partial charge in [0.05, 0.1) is 11.4 Å². The molecule has 0 atom stereocenters. The Balaban J connectivity index is 3.48. The van der Waals surface area contributed by atoms with Crippen LogP contribution in [0.3, 0.4) is 0 Å². The molecule has 120 valence electrons. The van der Waals surface area contributed by atoms with Crippen molar-refractivity contribution in [1.82, 2.24) is 5.32 Å². The second-order valence-corrected chi connectivity index (χ2v) is 7.88. The molecular formula is C13H23N3O3S2. The van der Waals surface area contributed by atoms with Gasteiger partial charge in [0, 0.05) is 20.1 Å². The van der Waals surface area contributed by atoms with Crippen LogP contribution in [0.4, 0.5) is 10.7 Å². The van der Waals surface area contributed by atoms with Gasteiger partial charge >= 0.3 is 0 Å². The van der Waals surface area contributed by atoms with E-state index in [2.05, 4.69) is 5.32 Å². The lowest BCUT2D eigenvalue weighted by molar-refractivity contribution is 0.0960. The minimum Gasteiger partial charge on any atom is -0.396 e. The highest BCUT2D eigenvalue weighted by Gasteiger charge is 2.30. The molecule has 0 aromatic carbocycles. The maximum atomic E-state index is 12.3. The van der Waals surface area contributed by atoms with Crippen LogP contribution in [-0.4, -0.2) is 40.2 Å². The molecule has 21 heavy (non-hydrogen) atoms. The number of anilines is 2. The molecule has 0 fully saturated rings. The van der Waals surface area contributed by atoms with Gasteiger partial charge in [-0.25, -0.2) is 8.42 Å². The monoisotopic (exact) mass is 333 g/mol.